The highest BCUT2D eigenvalue weighted by atomic mass is 19.1. The fraction of sp³-hybridized carbons (Fsp3) is 0.455. The lowest BCUT2D eigenvalue weighted by molar-refractivity contribution is -0.120. The second kappa shape index (κ2) is 7.03. The van der Waals surface area contributed by atoms with Crippen LogP contribution in [0.4, 0.5) is 10.1 Å². The molecule has 0 saturated carbocycles. The van der Waals surface area contributed by atoms with Crippen molar-refractivity contribution in [3.8, 4) is 6.07 Å². The van der Waals surface area contributed by atoms with Crippen LogP contribution >= 0.6 is 0 Å². The summed E-state index contributed by atoms with van der Waals surface area (Å²) in [6.45, 7) is 8.36. The number of amides is 1. The van der Waals surface area contributed by atoms with Gasteiger partial charge in [-0.1, -0.05) is 0 Å². The molecule has 9 nitrogen and oxygen atoms in total. The number of anilines is 1. The Kier molecular flexibility index (Phi) is 4.49. The molecule has 3 aromatic rings. The van der Waals surface area contributed by atoms with Gasteiger partial charge in [0.2, 0.25) is 5.91 Å². The molecule has 0 fully saturated rings. The Morgan fingerprint density at radius 2 is 2.19 bits per heavy atom. The van der Waals surface area contributed by atoms with Gasteiger partial charge in [-0.2, -0.15) is 15.5 Å². The van der Waals surface area contributed by atoms with E-state index in [-0.39, 0.29) is 24.2 Å². The van der Waals surface area contributed by atoms with Crippen LogP contribution < -0.4 is 10.6 Å². The maximum atomic E-state index is 14.7. The second-order valence-corrected chi connectivity index (χ2v) is 9.11. The molecule has 0 unspecified atom stereocenters. The molecule has 0 radical (unpaired) electrons. The van der Waals surface area contributed by atoms with Crippen molar-refractivity contribution in [3.63, 3.8) is 0 Å². The number of nitrogens with two attached hydrogens (primary N) is 1. The van der Waals surface area contributed by atoms with Gasteiger partial charge in [-0.3, -0.25) is 14.4 Å². The molecule has 0 spiro atoms. The summed E-state index contributed by atoms with van der Waals surface area (Å²) in [5, 5.41) is 18.4. The summed E-state index contributed by atoms with van der Waals surface area (Å²) in [5.74, 6) is -0.799. The summed E-state index contributed by atoms with van der Waals surface area (Å²) in [6, 6.07) is 5.59. The number of carbonyl (C=O) groups is 1. The first-order valence-corrected chi connectivity index (χ1v) is 10.7. The van der Waals surface area contributed by atoms with Crippen LogP contribution in [0, 0.1) is 17.1 Å². The minimum Gasteiger partial charge on any atom is -0.369 e. The lowest BCUT2D eigenvalue weighted by Crippen LogP contribution is -2.50. The topological polar surface area (TPSA) is 108 Å². The van der Waals surface area contributed by atoms with Crippen molar-refractivity contribution < 1.29 is 9.18 Å². The minimum atomic E-state index is -0.450. The molecule has 0 saturated heterocycles. The molecule has 0 bridgehead atoms. The third-order valence-corrected chi connectivity index (χ3v) is 6.76. The summed E-state index contributed by atoms with van der Waals surface area (Å²) in [6.07, 6.45) is 1.92. The Labute approximate surface area is 184 Å². The standard InChI is InChI=1S/C22H25FN8O/c1-13-10-28(17-5-4-14(8-24)31-20(17)16(23)9-26-31)11-18-15-6-7-29(12-19(25)32)22(2,3)21(15)27-30(13)18/h4-5,9,13H,6-7,10-12H2,1-3H3,(H2,25,32)/t13-/m1/s1. The first-order chi connectivity index (χ1) is 15.2. The third kappa shape index (κ3) is 2.88. The fourth-order valence-corrected chi connectivity index (χ4v) is 5.15. The molecule has 0 aromatic carbocycles. The van der Waals surface area contributed by atoms with Gasteiger partial charge in [0.1, 0.15) is 17.3 Å². The van der Waals surface area contributed by atoms with Gasteiger partial charge in [0.05, 0.1) is 47.9 Å². The van der Waals surface area contributed by atoms with Gasteiger partial charge in [0.25, 0.3) is 0 Å². The predicted molar refractivity (Wildman–Crippen MR) is 115 cm³/mol. The van der Waals surface area contributed by atoms with E-state index >= 15 is 0 Å². The van der Waals surface area contributed by atoms with E-state index in [1.807, 2.05) is 0 Å². The lowest BCUT2D eigenvalue weighted by atomic mass is 9.87. The normalized spacial score (nSPS) is 20.1. The fourth-order valence-electron chi connectivity index (χ4n) is 5.15. The van der Waals surface area contributed by atoms with Gasteiger partial charge >= 0.3 is 0 Å². The highest BCUT2D eigenvalue weighted by Gasteiger charge is 2.41. The molecule has 166 valence electrons. The van der Waals surface area contributed by atoms with E-state index in [0.717, 1.165) is 24.0 Å². The van der Waals surface area contributed by atoms with Crippen LogP contribution in [0.15, 0.2) is 18.3 Å². The van der Waals surface area contributed by atoms with Crippen LogP contribution in [0.5, 0.6) is 0 Å². The number of primary amides is 1. The van der Waals surface area contributed by atoms with Crippen LogP contribution in [-0.4, -0.2) is 49.8 Å². The van der Waals surface area contributed by atoms with Crippen molar-refractivity contribution in [3.05, 3.63) is 46.8 Å². The summed E-state index contributed by atoms with van der Waals surface area (Å²) in [7, 11) is 0. The van der Waals surface area contributed by atoms with Gasteiger partial charge in [-0.15, -0.1) is 0 Å². The third-order valence-electron chi connectivity index (χ3n) is 6.76. The second-order valence-electron chi connectivity index (χ2n) is 9.11. The first-order valence-electron chi connectivity index (χ1n) is 10.7. The van der Waals surface area contributed by atoms with Crippen molar-refractivity contribution in [2.75, 3.05) is 24.5 Å². The quantitative estimate of drug-likeness (QED) is 0.670. The Balaban J connectivity index is 1.57. The van der Waals surface area contributed by atoms with E-state index in [4.69, 9.17) is 10.8 Å². The van der Waals surface area contributed by atoms with Gasteiger partial charge in [0, 0.05) is 18.7 Å². The molecule has 1 atom stereocenters. The zero-order valence-corrected chi connectivity index (χ0v) is 18.3. The molecule has 3 aromatic heterocycles. The van der Waals surface area contributed by atoms with Crippen molar-refractivity contribution >= 4 is 17.1 Å². The van der Waals surface area contributed by atoms with Gasteiger partial charge in [0.15, 0.2) is 5.82 Å². The smallest absolute Gasteiger partial charge is 0.231 e. The maximum Gasteiger partial charge on any atom is 0.231 e. The Hall–Kier alpha value is -3.45. The number of aromatic nitrogens is 4. The number of fused-ring (bicyclic) bond motifs is 4. The zero-order chi connectivity index (χ0) is 22.8. The molecule has 2 aliphatic rings. The monoisotopic (exact) mass is 436 g/mol. The molecule has 5 heterocycles. The van der Waals surface area contributed by atoms with Gasteiger partial charge in [-0.05, 0) is 39.3 Å². The summed E-state index contributed by atoms with van der Waals surface area (Å²) in [4.78, 5) is 15.8. The molecule has 10 heteroatoms. The number of hydrogen-bond donors (Lipinski definition) is 1. The van der Waals surface area contributed by atoms with Crippen LogP contribution in [0.1, 0.15) is 49.5 Å². The predicted octanol–water partition coefficient (Wildman–Crippen LogP) is 1.70. The largest absolute Gasteiger partial charge is 0.369 e. The number of nitriles is 1. The van der Waals surface area contributed by atoms with Crippen molar-refractivity contribution in [1.82, 2.24) is 24.3 Å². The molecule has 0 aliphatic carbocycles. The number of halogens is 1. The van der Waals surface area contributed by atoms with Crippen LogP contribution in [-0.2, 0) is 23.3 Å². The lowest BCUT2D eigenvalue weighted by Gasteiger charge is -2.41. The van der Waals surface area contributed by atoms with E-state index in [2.05, 4.69) is 46.4 Å². The molecular formula is C22H25FN8O. The Bertz CT molecular complexity index is 1280. The molecule has 2 aliphatic heterocycles. The minimum absolute atomic E-state index is 0.0615. The number of rotatable bonds is 3. The van der Waals surface area contributed by atoms with Crippen molar-refractivity contribution in [1.29, 1.82) is 5.26 Å². The molecule has 32 heavy (non-hydrogen) atoms. The zero-order valence-electron chi connectivity index (χ0n) is 18.3. The van der Waals surface area contributed by atoms with Crippen molar-refractivity contribution in [2.45, 2.75) is 45.3 Å². The van der Waals surface area contributed by atoms with E-state index in [9.17, 15) is 14.4 Å². The summed E-state index contributed by atoms with van der Waals surface area (Å²) >= 11 is 0. The van der Waals surface area contributed by atoms with Crippen LogP contribution in [0.2, 0.25) is 0 Å². The molecule has 5 rings (SSSR count). The van der Waals surface area contributed by atoms with E-state index in [0.29, 0.717) is 30.8 Å². The first kappa shape index (κ1) is 20.5. The highest BCUT2D eigenvalue weighted by Crippen LogP contribution is 2.39. The number of nitrogens with zero attached hydrogens (tertiary/aromatic N) is 7. The van der Waals surface area contributed by atoms with Gasteiger partial charge < -0.3 is 10.6 Å². The van der Waals surface area contributed by atoms with Crippen LogP contribution in [0.3, 0.4) is 0 Å². The summed E-state index contributed by atoms with van der Waals surface area (Å²) in [5.41, 5.74) is 9.61. The number of carbonyl (C=O) groups excluding carboxylic acids is 1. The van der Waals surface area contributed by atoms with Gasteiger partial charge in [-0.25, -0.2) is 8.91 Å². The van der Waals surface area contributed by atoms with E-state index in [1.54, 1.807) is 12.1 Å². The highest BCUT2D eigenvalue weighted by molar-refractivity contribution is 5.76. The Morgan fingerprint density at radius 1 is 1.41 bits per heavy atom. The molecule has 2 N–H and O–H groups in total. The Morgan fingerprint density at radius 3 is 2.91 bits per heavy atom. The van der Waals surface area contributed by atoms with Crippen LogP contribution in [0.25, 0.3) is 5.52 Å². The molecular weight excluding hydrogens is 411 g/mol. The van der Waals surface area contributed by atoms with Crippen molar-refractivity contribution in [2.24, 2.45) is 5.73 Å². The maximum absolute atomic E-state index is 14.7. The molecule has 1 amide bonds. The SMILES string of the molecule is C[C@@H]1CN(c2ccc(C#N)n3ncc(F)c23)Cc2c3c(nn21)C(C)(C)N(CC(N)=O)CC3. The average Bonchev–Trinajstić information content (AvgIpc) is 3.32. The number of hydrogen-bond acceptors (Lipinski definition) is 6. The average molecular weight is 436 g/mol. The summed E-state index contributed by atoms with van der Waals surface area (Å²) < 4.78 is 18.1. The van der Waals surface area contributed by atoms with E-state index < -0.39 is 11.4 Å². The van der Waals surface area contributed by atoms with E-state index in [1.165, 1.54) is 10.1 Å². The number of pyridine rings is 1.